The molecule has 2 aliphatic rings. The summed E-state index contributed by atoms with van der Waals surface area (Å²) in [6.07, 6.45) is 11.0. The quantitative estimate of drug-likeness (QED) is 0.344. The minimum absolute atomic E-state index is 0.105. The molecular weight excluding hydrogens is 416 g/mol. The molecule has 0 radical (unpaired) electrons. The van der Waals surface area contributed by atoms with E-state index in [0.717, 1.165) is 70.4 Å². The van der Waals surface area contributed by atoms with Crippen molar-refractivity contribution in [1.82, 2.24) is 15.2 Å². The number of anilines is 1. The van der Waals surface area contributed by atoms with Crippen molar-refractivity contribution in [1.29, 1.82) is 0 Å². The van der Waals surface area contributed by atoms with Crippen LogP contribution in [0.5, 0.6) is 0 Å². The van der Waals surface area contributed by atoms with Crippen LogP contribution in [0.1, 0.15) is 82.9 Å². The van der Waals surface area contributed by atoms with Gasteiger partial charge in [-0.2, -0.15) is 0 Å². The lowest BCUT2D eigenvalue weighted by atomic mass is 10.0. The highest BCUT2D eigenvalue weighted by Gasteiger charge is 2.30. The van der Waals surface area contributed by atoms with Gasteiger partial charge in [0.1, 0.15) is 11.9 Å². The van der Waals surface area contributed by atoms with Gasteiger partial charge in [0.25, 0.3) is 0 Å². The topological polar surface area (TPSA) is 94.6 Å². The Kier molecular flexibility index (Phi) is 9.97. The number of hydrogen-bond donors (Lipinski definition) is 3. The SMILES string of the molecule is CCC(CC)C(=O)N[C@@H](CCN(CCCCCc1ccc2c(n1)NCCC2)C1CC1)C(=O)O. The standard InChI is InChI=1S/C26H42N4O3/c1-3-19(4-2)25(31)29-23(26(32)33)15-18-30(22-13-14-22)17-7-5-6-10-21-12-11-20-9-8-16-27-24(20)28-21/h11-12,19,22-23H,3-10,13-18H2,1-2H3,(H,27,28)(H,29,31)(H,32,33)/t23-/m0/s1. The maximum absolute atomic E-state index is 12.4. The highest BCUT2D eigenvalue weighted by Crippen LogP contribution is 2.27. The van der Waals surface area contributed by atoms with Crippen molar-refractivity contribution in [3.8, 4) is 0 Å². The summed E-state index contributed by atoms with van der Waals surface area (Å²) in [5.74, 6) is -0.0943. The van der Waals surface area contributed by atoms with Crippen LogP contribution >= 0.6 is 0 Å². The minimum Gasteiger partial charge on any atom is -0.480 e. The number of carboxylic acids is 1. The monoisotopic (exact) mass is 458 g/mol. The number of aromatic nitrogens is 1. The van der Waals surface area contributed by atoms with Crippen LogP contribution in [0.3, 0.4) is 0 Å². The molecule has 1 fully saturated rings. The van der Waals surface area contributed by atoms with E-state index in [9.17, 15) is 14.7 Å². The molecule has 0 saturated heterocycles. The lowest BCUT2D eigenvalue weighted by molar-refractivity contribution is -0.142. The fourth-order valence-electron chi connectivity index (χ4n) is 4.72. The Morgan fingerprint density at radius 2 is 1.97 bits per heavy atom. The number of carbonyl (C=O) groups excluding carboxylic acids is 1. The molecule has 7 heteroatoms. The molecular formula is C26H42N4O3. The normalized spacial score (nSPS) is 16.4. The number of aliphatic carboxylic acids is 1. The zero-order valence-electron chi connectivity index (χ0n) is 20.4. The molecule has 3 rings (SSSR count). The number of carbonyl (C=O) groups is 2. The molecule has 1 saturated carbocycles. The number of aryl methyl sites for hydroxylation is 2. The van der Waals surface area contributed by atoms with Crippen LogP contribution < -0.4 is 10.6 Å². The predicted molar refractivity (Wildman–Crippen MR) is 131 cm³/mol. The highest BCUT2D eigenvalue weighted by atomic mass is 16.4. The lowest BCUT2D eigenvalue weighted by Gasteiger charge is -2.25. The molecule has 1 aliphatic carbocycles. The summed E-state index contributed by atoms with van der Waals surface area (Å²) in [5.41, 5.74) is 2.50. The van der Waals surface area contributed by atoms with E-state index in [2.05, 4.69) is 27.7 Å². The fourth-order valence-corrected chi connectivity index (χ4v) is 4.72. The van der Waals surface area contributed by atoms with Gasteiger partial charge in [0.15, 0.2) is 0 Å². The zero-order valence-corrected chi connectivity index (χ0v) is 20.4. The number of unbranched alkanes of at least 4 members (excludes halogenated alkanes) is 2. The molecule has 1 aliphatic heterocycles. The number of amides is 1. The summed E-state index contributed by atoms with van der Waals surface area (Å²) < 4.78 is 0. The third-order valence-corrected chi connectivity index (χ3v) is 7.07. The molecule has 0 bridgehead atoms. The third kappa shape index (κ3) is 7.98. The molecule has 33 heavy (non-hydrogen) atoms. The van der Waals surface area contributed by atoms with Gasteiger partial charge in [-0.1, -0.05) is 26.3 Å². The van der Waals surface area contributed by atoms with Crippen molar-refractivity contribution < 1.29 is 14.7 Å². The van der Waals surface area contributed by atoms with Crippen LogP contribution in [0.2, 0.25) is 0 Å². The Hall–Kier alpha value is -2.15. The number of carboxylic acid groups (broad SMARTS) is 1. The number of nitrogens with zero attached hydrogens (tertiary/aromatic N) is 2. The summed E-state index contributed by atoms with van der Waals surface area (Å²) in [7, 11) is 0. The first-order valence-corrected chi connectivity index (χ1v) is 13.0. The molecule has 1 atom stereocenters. The molecule has 3 N–H and O–H groups in total. The van der Waals surface area contributed by atoms with Gasteiger partial charge in [0.2, 0.25) is 5.91 Å². The van der Waals surface area contributed by atoms with Crippen molar-refractivity contribution in [2.45, 2.75) is 96.6 Å². The van der Waals surface area contributed by atoms with E-state index in [1.54, 1.807) is 0 Å². The largest absolute Gasteiger partial charge is 0.480 e. The van der Waals surface area contributed by atoms with Gasteiger partial charge in [-0.15, -0.1) is 0 Å². The molecule has 2 heterocycles. The van der Waals surface area contributed by atoms with Gasteiger partial charge in [-0.25, -0.2) is 9.78 Å². The number of rotatable bonds is 15. The highest BCUT2D eigenvalue weighted by molar-refractivity contribution is 5.84. The summed E-state index contributed by atoms with van der Waals surface area (Å²) in [6.45, 7) is 6.68. The third-order valence-electron chi connectivity index (χ3n) is 7.07. The Balaban J connectivity index is 1.38. The molecule has 1 aromatic heterocycles. The fraction of sp³-hybridized carbons (Fsp3) is 0.731. The van der Waals surface area contributed by atoms with Crippen LogP contribution in [-0.2, 0) is 22.4 Å². The van der Waals surface area contributed by atoms with E-state index < -0.39 is 12.0 Å². The first-order valence-electron chi connectivity index (χ1n) is 13.0. The van der Waals surface area contributed by atoms with E-state index in [1.807, 2.05) is 13.8 Å². The average molecular weight is 459 g/mol. The molecule has 7 nitrogen and oxygen atoms in total. The van der Waals surface area contributed by atoms with Crippen LogP contribution in [0.25, 0.3) is 0 Å². The smallest absolute Gasteiger partial charge is 0.326 e. The Morgan fingerprint density at radius 1 is 1.18 bits per heavy atom. The first kappa shape index (κ1) is 25.5. The number of nitrogens with one attached hydrogen (secondary N) is 2. The zero-order chi connectivity index (χ0) is 23.6. The Morgan fingerprint density at radius 3 is 2.67 bits per heavy atom. The molecule has 1 amide bonds. The van der Waals surface area contributed by atoms with E-state index in [4.69, 9.17) is 4.98 Å². The molecule has 0 unspecified atom stereocenters. The summed E-state index contributed by atoms with van der Waals surface area (Å²) >= 11 is 0. The van der Waals surface area contributed by atoms with Crippen LogP contribution in [0.15, 0.2) is 12.1 Å². The van der Waals surface area contributed by atoms with E-state index in [-0.39, 0.29) is 11.8 Å². The van der Waals surface area contributed by atoms with Crippen molar-refractivity contribution in [3.05, 3.63) is 23.4 Å². The van der Waals surface area contributed by atoms with Crippen LogP contribution in [0.4, 0.5) is 5.82 Å². The van der Waals surface area contributed by atoms with Crippen LogP contribution in [-0.4, -0.2) is 58.6 Å². The number of fused-ring (bicyclic) bond motifs is 1. The van der Waals surface area contributed by atoms with Crippen LogP contribution in [0, 0.1) is 5.92 Å². The molecule has 1 aromatic rings. The summed E-state index contributed by atoms with van der Waals surface area (Å²) in [5, 5.41) is 15.8. The van der Waals surface area contributed by atoms with Crippen molar-refractivity contribution in [2.24, 2.45) is 5.92 Å². The maximum atomic E-state index is 12.4. The maximum Gasteiger partial charge on any atom is 0.326 e. The van der Waals surface area contributed by atoms with Gasteiger partial charge in [-0.05, 0) is 82.4 Å². The molecule has 184 valence electrons. The predicted octanol–water partition coefficient (Wildman–Crippen LogP) is 4.01. The van der Waals surface area contributed by atoms with Gasteiger partial charge < -0.3 is 20.6 Å². The van der Waals surface area contributed by atoms with Gasteiger partial charge in [0, 0.05) is 30.7 Å². The molecule has 0 spiro atoms. The van der Waals surface area contributed by atoms with Crippen molar-refractivity contribution in [2.75, 3.05) is 25.0 Å². The second-order valence-corrected chi connectivity index (χ2v) is 9.62. The Bertz CT molecular complexity index is 777. The average Bonchev–Trinajstić information content (AvgIpc) is 3.66. The second-order valence-electron chi connectivity index (χ2n) is 9.62. The van der Waals surface area contributed by atoms with E-state index in [1.165, 1.54) is 30.5 Å². The van der Waals surface area contributed by atoms with Crippen molar-refractivity contribution >= 4 is 17.7 Å². The van der Waals surface area contributed by atoms with E-state index >= 15 is 0 Å². The number of pyridine rings is 1. The summed E-state index contributed by atoms with van der Waals surface area (Å²) in [4.78, 5) is 31.3. The van der Waals surface area contributed by atoms with Gasteiger partial charge in [0.05, 0.1) is 0 Å². The van der Waals surface area contributed by atoms with Gasteiger partial charge >= 0.3 is 5.97 Å². The van der Waals surface area contributed by atoms with E-state index in [0.29, 0.717) is 12.5 Å². The molecule has 0 aromatic carbocycles. The second kappa shape index (κ2) is 12.9. The van der Waals surface area contributed by atoms with Crippen molar-refractivity contribution in [3.63, 3.8) is 0 Å². The first-order chi connectivity index (χ1) is 16.0. The minimum atomic E-state index is -0.933. The van der Waals surface area contributed by atoms with Gasteiger partial charge in [-0.3, -0.25) is 4.79 Å². The lowest BCUT2D eigenvalue weighted by Crippen LogP contribution is -2.45. The Labute approximate surface area is 198 Å². The summed E-state index contributed by atoms with van der Waals surface area (Å²) in [6, 6.07) is 4.18. The number of hydrogen-bond acceptors (Lipinski definition) is 5.